The fraction of sp³-hybridized carbons (Fsp3) is 0.417. The van der Waals surface area contributed by atoms with Crippen LogP contribution in [0.25, 0.3) is 0 Å². The van der Waals surface area contributed by atoms with E-state index in [1.807, 2.05) is 0 Å². The van der Waals surface area contributed by atoms with Gasteiger partial charge in [-0.15, -0.1) is 0 Å². The van der Waals surface area contributed by atoms with Crippen LogP contribution in [0.3, 0.4) is 0 Å². The lowest BCUT2D eigenvalue weighted by molar-refractivity contribution is -0.107. The lowest BCUT2D eigenvalue weighted by Gasteiger charge is -2.15. The van der Waals surface area contributed by atoms with Crippen LogP contribution < -0.4 is 0 Å². The second kappa shape index (κ2) is 6.35. The van der Waals surface area contributed by atoms with E-state index in [1.54, 1.807) is 13.8 Å². The maximum atomic E-state index is 12.7. The van der Waals surface area contributed by atoms with Crippen LogP contribution in [0, 0.1) is 5.82 Å². The Balaban J connectivity index is 2.77. The van der Waals surface area contributed by atoms with Crippen molar-refractivity contribution >= 4 is 5.78 Å². The Morgan fingerprint density at radius 2 is 1.69 bits per heavy atom. The van der Waals surface area contributed by atoms with Gasteiger partial charge < -0.3 is 9.47 Å². The van der Waals surface area contributed by atoms with E-state index in [9.17, 15) is 9.18 Å². The van der Waals surface area contributed by atoms with Crippen molar-refractivity contribution in [1.82, 2.24) is 0 Å². The molecule has 1 aromatic carbocycles. The van der Waals surface area contributed by atoms with Gasteiger partial charge in [0.25, 0.3) is 0 Å². The highest BCUT2D eigenvalue weighted by molar-refractivity contribution is 5.98. The summed E-state index contributed by atoms with van der Waals surface area (Å²) in [5, 5.41) is 0. The number of hydrogen-bond acceptors (Lipinski definition) is 3. The number of carbonyl (C=O) groups is 1. The lowest BCUT2D eigenvalue weighted by atomic mass is 10.1. The molecule has 0 atom stereocenters. The second-order valence-corrected chi connectivity index (χ2v) is 3.11. The molecule has 1 aromatic rings. The first-order valence-corrected chi connectivity index (χ1v) is 5.22. The first kappa shape index (κ1) is 12.8. The molecule has 0 amide bonds. The second-order valence-electron chi connectivity index (χ2n) is 3.11. The molecular weight excluding hydrogens is 211 g/mol. The zero-order valence-corrected chi connectivity index (χ0v) is 9.40. The molecule has 0 aliphatic heterocycles. The summed E-state index contributed by atoms with van der Waals surface area (Å²) in [6, 6.07) is 5.32. The predicted octanol–water partition coefficient (Wildman–Crippen LogP) is 2.41. The largest absolute Gasteiger partial charge is 0.346 e. The molecule has 0 fully saturated rings. The van der Waals surface area contributed by atoms with Gasteiger partial charge in [-0.2, -0.15) is 0 Å². The molecule has 88 valence electrons. The first-order valence-electron chi connectivity index (χ1n) is 5.22. The van der Waals surface area contributed by atoms with Crippen molar-refractivity contribution < 1.29 is 18.7 Å². The van der Waals surface area contributed by atoms with Crippen molar-refractivity contribution in [2.24, 2.45) is 0 Å². The van der Waals surface area contributed by atoms with Crippen LogP contribution in [-0.4, -0.2) is 25.3 Å². The van der Waals surface area contributed by atoms with Gasteiger partial charge in [0.1, 0.15) is 5.82 Å². The zero-order chi connectivity index (χ0) is 12.0. The lowest BCUT2D eigenvalue weighted by Crippen LogP contribution is -2.27. The molecule has 0 aromatic heterocycles. The number of halogens is 1. The number of benzene rings is 1. The molecule has 1 rings (SSSR count). The molecule has 4 heteroatoms. The first-order chi connectivity index (χ1) is 7.69. The number of hydrogen-bond donors (Lipinski definition) is 0. The molecule has 0 radical (unpaired) electrons. The van der Waals surface area contributed by atoms with Gasteiger partial charge in [0.2, 0.25) is 12.1 Å². The van der Waals surface area contributed by atoms with Gasteiger partial charge in [-0.05, 0) is 38.1 Å². The van der Waals surface area contributed by atoms with E-state index in [4.69, 9.17) is 9.47 Å². The molecular formula is C12H15FO3. The molecule has 0 aliphatic rings. The van der Waals surface area contributed by atoms with E-state index in [-0.39, 0.29) is 11.6 Å². The Bertz CT molecular complexity index is 329. The molecule has 0 bridgehead atoms. The smallest absolute Gasteiger partial charge is 0.222 e. The molecule has 0 spiro atoms. The molecule has 0 heterocycles. The Morgan fingerprint density at radius 3 is 2.12 bits per heavy atom. The van der Waals surface area contributed by atoms with E-state index >= 15 is 0 Å². The van der Waals surface area contributed by atoms with Crippen molar-refractivity contribution in [3.63, 3.8) is 0 Å². The van der Waals surface area contributed by atoms with Gasteiger partial charge >= 0.3 is 0 Å². The third-order valence-corrected chi connectivity index (χ3v) is 1.98. The van der Waals surface area contributed by atoms with E-state index in [2.05, 4.69) is 0 Å². The van der Waals surface area contributed by atoms with Gasteiger partial charge in [-0.3, -0.25) is 4.79 Å². The van der Waals surface area contributed by atoms with Gasteiger partial charge in [-0.25, -0.2) is 4.39 Å². The van der Waals surface area contributed by atoms with Crippen molar-refractivity contribution in [2.45, 2.75) is 20.1 Å². The fourth-order valence-electron chi connectivity index (χ4n) is 1.25. The number of ether oxygens (including phenoxy) is 2. The summed E-state index contributed by atoms with van der Waals surface area (Å²) in [6.45, 7) is 4.34. The fourth-order valence-corrected chi connectivity index (χ4v) is 1.25. The summed E-state index contributed by atoms with van der Waals surface area (Å²) in [4.78, 5) is 11.9. The maximum Gasteiger partial charge on any atom is 0.222 e. The zero-order valence-electron chi connectivity index (χ0n) is 9.40. The van der Waals surface area contributed by atoms with E-state index < -0.39 is 6.29 Å². The minimum atomic E-state index is -0.902. The monoisotopic (exact) mass is 226 g/mol. The summed E-state index contributed by atoms with van der Waals surface area (Å²) in [7, 11) is 0. The molecule has 0 N–H and O–H groups in total. The van der Waals surface area contributed by atoms with Crippen LogP contribution in [0.15, 0.2) is 24.3 Å². The van der Waals surface area contributed by atoms with Crippen LogP contribution in [-0.2, 0) is 9.47 Å². The average Bonchev–Trinajstić information content (AvgIpc) is 2.29. The highest BCUT2D eigenvalue weighted by atomic mass is 19.1. The summed E-state index contributed by atoms with van der Waals surface area (Å²) >= 11 is 0. The minimum absolute atomic E-state index is 0.288. The van der Waals surface area contributed by atoms with Crippen LogP contribution in [0.2, 0.25) is 0 Å². The van der Waals surface area contributed by atoms with Crippen LogP contribution in [0.5, 0.6) is 0 Å². The Morgan fingerprint density at radius 1 is 1.19 bits per heavy atom. The number of carbonyl (C=O) groups excluding carboxylic acids is 1. The summed E-state index contributed by atoms with van der Waals surface area (Å²) in [6.07, 6.45) is -0.902. The van der Waals surface area contributed by atoms with E-state index in [0.29, 0.717) is 18.8 Å². The Kier molecular flexibility index (Phi) is 5.08. The maximum absolute atomic E-state index is 12.7. The molecule has 3 nitrogen and oxygen atoms in total. The molecule has 0 saturated heterocycles. The molecule has 0 aliphatic carbocycles. The Labute approximate surface area is 94.2 Å². The summed E-state index contributed by atoms with van der Waals surface area (Å²) in [5.41, 5.74) is 0.383. The molecule has 16 heavy (non-hydrogen) atoms. The van der Waals surface area contributed by atoms with Crippen molar-refractivity contribution in [1.29, 1.82) is 0 Å². The number of ketones is 1. The van der Waals surface area contributed by atoms with E-state index in [0.717, 1.165) is 0 Å². The van der Waals surface area contributed by atoms with Gasteiger partial charge in [-0.1, -0.05) is 0 Å². The SMILES string of the molecule is CCOC(OCC)C(=O)c1ccc(F)cc1. The van der Waals surface area contributed by atoms with Gasteiger partial charge in [0, 0.05) is 18.8 Å². The summed E-state index contributed by atoms with van der Waals surface area (Å²) < 4.78 is 23.0. The quantitative estimate of drug-likeness (QED) is 0.552. The van der Waals surface area contributed by atoms with E-state index in [1.165, 1.54) is 24.3 Å². The third kappa shape index (κ3) is 3.40. The standard InChI is InChI=1S/C12H15FO3/c1-3-15-12(16-4-2)11(14)9-5-7-10(13)8-6-9/h5-8,12H,3-4H2,1-2H3. The Hall–Kier alpha value is -1.26. The van der Waals surface area contributed by atoms with Crippen molar-refractivity contribution in [3.05, 3.63) is 35.6 Å². The van der Waals surface area contributed by atoms with Crippen LogP contribution >= 0.6 is 0 Å². The highest BCUT2D eigenvalue weighted by Gasteiger charge is 2.20. The molecule has 0 unspecified atom stereocenters. The number of Topliss-reactive ketones (excluding diaryl/α,β-unsaturated/α-hetero) is 1. The number of rotatable bonds is 6. The topological polar surface area (TPSA) is 35.5 Å². The predicted molar refractivity (Wildman–Crippen MR) is 57.8 cm³/mol. The molecule has 0 saturated carbocycles. The van der Waals surface area contributed by atoms with Crippen LogP contribution in [0.1, 0.15) is 24.2 Å². The normalized spacial score (nSPS) is 10.8. The summed E-state index contributed by atoms with van der Waals surface area (Å²) in [5.74, 6) is -0.662. The van der Waals surface area contributed by atoms with Crippen molar-refractivity contribution in [3.8, 4) is 0 Å². The minimum Gasteiger partial charge on any atom is -0.346 e. The van der Waals surface area contributed by atoms with Gasteiger partial charge in [0.05, 0.1) is 0 Å². The van der Waals surface area contributed by atoms with Crippen molar-refractivity contribution in [2.75, 3.05) is 13.2 Å². The average molecular weight is 226 g/mol. The third-order valence-electron chi connectivity index (χ3n) is 1.98. The highest BCUT2D eigenvalue weighted by Crippen LogP contribution is 2.09. The van der Waals surface area contributed by atoms with Gasteiger partial charge in [0.15, 0.2) is 0 Å². The van der Waals surface area contributed by atoms with Crippen LogP contribution in [0.4, 0.5) is 4.39 Å².